The standard InChI is InChI=1S/C48H74N12/c1-49-25-37-13-39-17-40(14-37)28-52-4-8-56-32-44-20-46-24-48(22-44)36-60-12-11-59-35-47-21-43(31-55-7-3-51-27-39)19-45(23-47)33-57-9-5-53-29-41-15-38(26-50-2)16-42(18-41)30-54-6-10-58-34-46/h13-24,49-60H,3-12,25-36H2,1-2H3. The van der Waals surface area contributed by atoms with E-state index in [0.717, 1.165) is 144 Å². The second-order valence-corrected chi connectivity index (χ2v) is 16.5. The van der Waals surface area contributed by atoms with Gasteiger partial charge in [0.1, 0.15) is 0 Å². The molecule has 2 aliphatic rings. The summed E-state index contributed by atoms with van der Waals surface area (Å²) in [4.78, 5) is 0. The Morgan fingerprint density at radius 1 is 0.267 bits per heavy atom. The largest absolute Gasteiger partial charge is 0.316 e. The second kappa shape index (κ2) is 26.7. The van der Waals surface area contributed by atoms with Crippen LogP contribution >= 0.6 is 0 Å². The predicted octanol–water partition coefficient (Wildman–Crippen LogP) is 2.15. The zero-order chi connectivity index (χ0) is 41.5. The van der Waals surface area contributed by atoms with Crippen molar-refractivity contribution in [2.75, 3.05) is 79.5 Å². The third-order valence-corrected chi connectivity index (χ3v) is 10.9. The topological polar surface area (TPSA) is 144 Å². The second-order valence-electron chi connectivity index (χ2n) is 16.5. The van der Waals surface area contributed by atoms with Gasteiger partial charge in [0.15, 0.2) is 0 Å². The summed E-state index contributed by atoms with van der Waals surface area (Å²) in [6, 6.07) is 28.1. The molecule has 6 rings (SSSR count). The molecule has 0 spiro atoms. The third kappa shape index (κ3) is 17.0. The van der Waals surface area contributed by atoms with Gasteiger partial charge in [-0.1, -0.05) is 72.8 Å². The Labute approximate surface area is 360 Å². The Kier molecular flexibility index (Phi) is 20.4. The van der Waals surface area contributed by atoms with Gasteiger partial charge in [0.25, 0.3) is 0 Å². The molecule has 10 bridgehead atoms. The molecular weight excluding hydrogens is 745 g/mol. The molecular formula is C48H74N12. The van der Waals surface area contributed by atoms with Crippen LogP contribution in [0.4, 0.5) is 0 Å². The Hall–Kier alpha value is -3.60. The summed E-state index contributed by atoms with van der Waals surface area (Å²) in [7, 11) is 4.03. The van der Waals surface area contributed by atoms with Crippen molar-refractivity contribution in [1.82, 2.24) is 63.8 Å². The first-order chi connectivity index (χ1) is 29.6. The number of rotatable bonds is 4. The van der Waals surface area contributed by atoms with Gasteiger partial charge in [-0.15, -0.1) is 0 Å². The molecule has 12 heteroatoms. The van der Waals surface area contributed by atoms with E-state index < -0.39 is 0 Å². The summed E-state index contributed by atoms with van der Waals surface area (Å²) in [5.41, 5.74) is 15.9. The zero-order valence-electron chi connectivity index (χ0n) is 36.5. The Morgan fingerprint density at radius 3 is 0.567 bits per heavy atom. The Morgan fingerprint density at radius 2 is 0.417 bits per heavy atom. The summed E-state index contributed by atoms with van der Waals surface area (Å²) in [5, 5.41) is 43.7. The normalized spacial score (nSPS) is 18.1. The molecule has 0 saturated heterocycles. The van der Waals surface area contributed by atoms with Crippen LogP contribution in [0.25, 0.3) is 0 Å². The van der Waals surface area contributed by atoms with Crippen LogP contribution in [0.2, 0.25) is 0 Å². The van der Waals surface area contributed by atoms with E-state index in [1.807, 2.05) is 14.1 Å². The minimum absolute atomic E-state index is 0.842. The molecule has 0 unspecified atom stereocenters. The van der Waals surface area contributed by atoms with Gasteiger partial charge in [-0.3, -0.25) is 0 Å². The van der Waals surface area contributed by atoms with E-state index in [-0.39, 0.29) is 0 Å². The zero-order valence-corrected chi connectivity index (χ0v) is 36.5. The molecule has 4 aromatic rings. The SMILES string of the molecule is CNCc1cc2cc(c1)CNCCNCc1cc3cc(c1)CNCCNCc1cc(cc(c1)CNCCNCc1cc(CNC)cc(c1)CNCCNC3)CNCCNC2. The molecule has 12 nitrogen and oxygen atoms in total. The molecule has 0 radical (unpaired) electrons. The van der Waals surface area contributed by atoms with Gasteiger partial charge in [0.05, 0.1) is 0 Å². The predicted molar refractivity (Wildman–Crippen MR) is 248 cm³/mol. The van der Waals surface area contributed by atoms with Crippen molar-refractivity contribution >= 4 is 0 Å². The van der Waals surface area contributed by atoms with E-state index in [9.17, 15) is 0 Å². The summed E-state index contributed by atoms with van der Waals surface area (Å²) >= 11 is 0. The summed E-state index contributed by atoms with van der Waals surface area (Å²) in [6.45, 7) is 19.2. The number of fused-ring (bicyclic) bond motifs is 13. The fourth-order valence-electron chi connectivity index (χ4n) is 8.20. The smallest absolute Gasteiger partial charge is 0.0206 e. The highest BCUT2D eigenvalue weighted by molar-refractivity contribution is 5.33. The van der Waals surface area contributed by atoms with Crippen LogP contribution in [0.1, 0.15) is 66.8 Å². The molecule has 2 heterocycles. The summed E-state index contributed by atoms with van der Waals surface area (Å²) in [5.74, 6) is 0. The van der Waals surface area contributed by atoms with E-state index in [4.69, 9.17) is 0 Å². The van der Waals surface area contributed by atoms with Gasteiger partial charge in [0, 0.05) is 144 Å². The van der Waals surface area contributed by atoms with Crippen molar-refractivity contribution in [3.8, 4) is 0 Å². The maximum Gasteiger partial charge on any atom is 0.0206 e. The van der Waals surface area contributed by atoms with Gasteiger partial charge in [-0.25, -0.2) is 0 Å². The average molecular weight is 819 g/mol. The van der Waals surface area contributed by atoms with Gasteiger partial charge in [0.2, 0.25) is 0 Å². The van der Waals surface area contributed by atoms with Crippen molar-refractivity contribution in [2.24, 2.45) is 0 Å². The lowest BCUT2D eigenvalue weighted by atomic mass is 10.0. The average Bonchev–Trinajstić information content (AvgIpc) is 3.24. The molecule has 60 heavy (non-hydrogen) atoms. The lowest BCUT2D eigenvalue weighted by Crippen LogP contribution is -2.28. The van der Waals surface area contributed by atoms with Gasteiger partial charge in [-0.05, 0) is 80.9 Å². The van der Waals surface area contributed by atoms with Crippen LogP contribution in [-0.4, -0.2) is 79.5 Å². The first kappa shape index (κ1) is 45.9. The molecule has 0 atom stereocenters. The summed E-state index contributed by atoms with van der Waals surface area (Å²) in [6.07, 6.45) is 0. The van der Waals surface area contributed by atoms with E-state index in [1.54, 1.807) is 0 Å². The van der Waals surface area contributed by atoms with Crippen LogP contribution < -0.4 is 63.8 Å². The van der Waals surface area contributed by atoms with Crippen molar-refractivity contribution < 1.29 is 0 Å². The molecule has 0 fully saturated rings. The highest BCUT2D eigenvalue weighted by atomic mass is 15.0. The van der Waals surface area contributed by atoms with Crippen LogP contribution in [0.5, 0.6) is 0 Å². The first-order valence-electron chi connectivity index (χ1n) is 22.4. The molecule has 12 N–H and O–H groups in total. The van der Waals surface area contributed by atoms with Crippen molar-refractivity contribution in [1.29, 1.82) is 0 Å². The summed E-state index contributed by atoms with van der Waals surface area (Å²) < 4.78 is 0. The molecule has 0 aliphatic carbocycles. The number of benzene rings is 4. The van der Waals surface area contributed by atoms with Crippen LogP contribution in [0.15, 0.2) is 72.8 Å². The number of hydrogen-bond donors (Lipinski definition) is 12. The highest BCUT2D eigenvalue weighted by Gasteiger charge is 2.08. The number of nitrogens with one attached hydrogen (secondary N) is 12. The molecule has 0 saturated carbocycles. The van der Waals surface area contributed by atoms with E-state index in [0.29, 0.717) is 0 Å². The van der Waals surface area contributed by atoms with Crippen LogP contribution in [0, 0.1) is 0 Å². The third-order valence-electron chi connectivity index (χ3n) is 10.9. The Bertz CT molecular complexity index is 1610. The maximum absolute atomic E-state index is 3.71. The monoisotopic (exact) mass is 819 g/mol. The van der Waals surface area contributed by atoms with Crippen molar-refractivity contribution in [3.05, 3.63) is 140 Å². The molecule has 326 valence electrons. The lowest BCUT2D eigenvalue weighted by Gasteiger charge is -2.14. The molecule has 0 aromatic heterocycles. The van der Waals surface area contributed by atoms with Crippen LogP contribution in [0.3, 0.4) is 0 Å². The Balaban J connectivity index is 1.18. The first-order valence-corrected chi connectivity index (χ1v) is 22.4. The van der Waals surface area contributed by atoms with Crippen LogP contribution in [-0.2, 0) is 78.5 Å². The fourth-order valence-corrected chi connectivity index (χ4v) is 8.20. The lowest BCUT2D eigenvalue weighted by molar-refractivity contribution is 0.600. The van der Waals surface area contributed by atoms with Gasteiger partial charge in [-0.2, -0.15) is 0 Å². The highest BCUT2D eigenvalue weighted by Crippen LogP contribution is 2.15. The minimum Gasteiger partial charge on any atom is -0.316 e. The fraction of sp³-hybridized carbons (Fsp3) is 0.500. The van der Waals surface area contributed by atoms with E-state index in [1.165, 1.54) is 66.8 Å². The quantitative estimate of drug-likeness (QED) is 0.147. The van der Waals surface area contributed by atoms with E-state index >= 15 is 0 Å². The van der Waals surface area contributed by atoms with Crippen molar-refractivity contribution in [2.45, 2.75) is 78.5 Å². The van der Waals surface area contributed by atoms with E-state index in [2.05, 4.69) is 137 Å². The van der Waals surface area contributed by atoms with Crippen molar-refractivity contribution in [3.63, 3.8) is 0 Å². The molecule has 4 aromatic carbocycles. The molecule has 0 amide bonds. The molecule has 2 aliphatic heterocycles. The maximum atomic E-state index is 3.71. The number of hydrogen-bond acceptors (Lipinski definition) is 12. The minimum atomic E-state index is 0.842. The van der Waals surface area contributed by atoms with Gasteiger partial charge >= 0.3 is 0 Å². The van der Waals surface area contributed by atoms with Gasteiger partial charge < -0.3 is 63.8 Å².